The predicted molar refractivity (Wildman–Crippen MR) is 160 cm³/mol. The van der Waals surface area contributed by atoms with Gasteiger partial charge in [-0.05, 0) is 59.7 Å². The molecule has 6 aromatic rings. The van der Waals surface area contributed by atoms with E-state index in [-0.39, 0.29) is 24.8 Å². The van der Waals surface area contributed by atoms with Crippen molar-refractivity contribution in [2.75, 3.05) is 10.6 Å². The van der Waals surface area contributed by atoms with E-state index in [1.807, 2.05) is 72.8 Å². The minimum absolute atomic E-state index is 0.224. The van der Waals surface area contributed by atoms with Crippen LogP contribution >= 0.6 is 0 Å². The molecule has 2 aromatic heterocycles. The van der Waals surface area contributed by atoms with Crippen LogP contribution in [0.15, 0.2) is 118 Å². The number of anilines is 2. The summed E-state index contributed by atoms with van der Waals surface area (Å²) < 4.78 is 43.4. The number of rotatable bonds is 12. The van der Waals surface area contributed by atoms with E-state index in [1.54, 1.807) is 12.1 Å². The average Bonchev–Trinajstić information content (AvgIpc) is 3.70. The maximum absolute atomic E-state index is 13.4. The molecule has 43 heavy (non-hydrogen) atoms. The van der Waals surface area contributed by atoms with Gasteiger partial charge in [-0.25, -0.2) is 8.78 Å². The van der Waals surface area contributed by atoms with E-state index in [1.165, 1.54) is 24.3 Å². The summed E-state index contributed by atoms with van der Waals surface area (Å²) >= 11 is 0. The zero-order valence-corrected chi connectivity index (χ0v) is 23.1. The van der Waals surface area contributed by atoms with Gasteiger partial charge in [0.05, 0.1) is 0 Å². The van der Waals surface area contributed by atoms with Crippen molar-refractivity contribution in [3.63, 3.8) is 0 Å². The summed E-state index contributed by atoms with van der Waals surface area (Å²) in [6, 6.07) is 32.3. The number of aromatic nitrogens is 2. The van der Waals surface area contributed by atoms with Crippen molar-refractivity contribution in [3.05, 3.63) is 143 Å². The fourth-order valence-corrected chi connectivity index (χ4v) is 4.51. The normalized spacial score (nSPS) is 11.0. The van der Waals surface area contributed by atoms with Crippen molar-refractivity contribution in [2.45, 2.75) is 26.3 Å². The van der Waals surface area contributed by atoms with Gasteiger partial charge in [-0.2, -0.15) is 0 Å². The van der Waals surface area contributed by atoms with Gasteiger partial charge in [0.2, 0.25) is 0 Å². The Bertz CT molecular complexity index is 1650. The average molecular weight is 579 g/mol. The first-order valence-electron chi connectivity index (χ1n) is 13.7. The molecule has 0 saturated heterocycles. The number of halogens is 2. The van der Waals surface area contributed by atoms with Gasteiger partial charge in [-0.1, -0.05) is 58.8 Å². The molecule has 0 atom stereocenters. The van der Waals surface area contributed by atoms with Crippen LogP contribution in [0.25, 0.3) is 22.5 Å². The Kier molecular flexibility index (Phi) is 8.51. The summed E-state index contributed by atoms with van der Waals surface area (Å²) in [7, 11) is 0. The summed E-state index contributed by atoms with van der Waals surface area (Å²) in [5.74, 6) is 0.678. The van der Waals surface area contributed by atoms with Crippen LogP contribution in [0, 0.1) is 11.6 Å². The van der Waals surface area contributed by atoms with E-state index in [2.05, 4.69) is 20.9 Å². The summed E-state index contributed by atoms with van der Waals surface area (Å²) in [6.07, 6.45) is 0. The van der Waals surface area contributed by atoms with E-state index in [9.17, 15) is 8.78 Å². The summed E-state index contributed by atoms with van der Waals surface area (Å²) in [6.45, 7) is 1.50. The monoisotopic (exact) mass is 578 g/mol. The molecular weight excluding hydrogens is 550 g/mol. The molecule has 2 N–H and O–H groups in total. The zero-order chi connectivity index (χ0) is 29.4. The Morgan fingerprint density at radius 2 is 1.00 bits per heavy atom. The molecule has 9 heteroatoms. The fourth-order valence-electron chi connectivity index (χ4n) is 4.51. The van der Waals surface area contributed by atoms with Crippen LogP contribution in [0.1, 0.15) is 22.6 Å². The molecule has 0 spiro atoms. The van der Waals surface area contributed by atoms with E-state index in [0.29, 0.717) is 36.0 Å². The maximum Gasteiger partial charge on any atom is 0.163 e. The molecule has 0 aliphatic heterocycles. The minimum Gasteiger partial charge on any atom is -0.381 e. The third-order valence-corrected chi connectivity index (χ3v) is 6.74. The van der Waals surface area contributed by atoms with Crippen molar-refractivity contribution in [1.29, 1.82) is 0 Å². The minimum atomic E-state index is -0.248. The molecule has 0 amide bonds. The van der Waals surface area contributed by atoms with Crippen molar-refractivity contribution >= 4 is 11.4 Å². The second kappa shape index (κ2) is 13.1. The third-order valence-electron chi connectivity index (χ3n) is 6.74. The SMILES string of the molecule is Fc1cccc(CNc2ccc(-c3cc(COCc4cc(-c5ccc(NCc6cccc(F)c6)cc5)no4)on3)cc2)c1. The van der Waals surface area contributed by atoms with Gasteiger partial charge in [-0.3, -0.25) is 0 Å². The van der Waals surface area contributed by atoms with Crippen LogP contribution < -0.4 is 10.6 Å². The van der Waals surface area contributed by atoms with E-state index in [4.69, 9.17) is 13.8 Å². The summed E-state index contributed by atoms with van der Waals surface area (Å²) in [5, 5.41) is 14.9. The van der Waals surface area contributed by atoms with Gasteiger partial charge in [-0.15, -0.1) is 0 Å². The molecule has 6 rings (SSSR count). The van der Waals surface area contributed by atoms with Gasteiger partial charge in [0.15, 0.2) is 11.5 Å². The molecule has 0 fully saturated rings. The molecular formula is C34H28F2N4O3. The number of benzene rings is 4. The van der Waals surface area contributed by atoms with Crippen LogP contribution in [0.2, 0.25) is 0 Å². The topological polar surface area (TPSA) is 85.4 Å². The van der Waals surface area contributed by atoms with Crippen molar-refractivity contribution in [1.82, 2.24) is 10.3 Å². The highest BCUT2D eigenvalue weighted by molar-refractivity contribution is 5.63. The quantitative estimate of drug-likeness (QED) is 0.151. The van der Waals surface area contributed by atoms with Crippen LogP contribution in [0.4, 0.5) is 20.2 Å². The summed E-state index contributed by atoms with van der Waals surface area (Å²) in [5.41, 5.74) is 6.78. The molecule has 0 aliphatic rings. The first-order chi connectivity index (χ1) is 21.1. The zero-order valence-electron chi connectivity index (χ0n) is 23.1. The second-order valence-electron chi connectivity index (χ2n) is 9.97. The fraction of sp³-hybridized carbons (Fsp3) is 0.118. The molecule has 0 unspecified atom stereocenters. The van der Waals surface area contributed by atoms with Crippen molar-refractivity contribution in [2.24, 2.45) is 0 Å². The molecule has 4 aromatic carbocycles. The van der Waals surface area contributed by atoms with Crippen LogP contribution in [-0.2, 0) is 31.0 Å². The van der Waals surface area contributed by atoms with Gasteiger partial charge >= 0.3 is 0 Å². The van der Waals surface area contributed by atoms with Gasteiger partial charge in [0.25, 0.3) is 0 Å². The van der Waals surface area contributed by atoms with Crippen LogP contribution in [-0.4, -0.2) is 10.3 Å². The number of hydrogen-bond donors (Lipinski definition) is 2. The highest BCUT2D eigenvalue weighted by Gasteiger charge is 2.10. The molecule has 0 bridgehead atoms. The Balaban J connectivity index is 0.963. The van der Waals surface area contributed by atoms with Crippen LogP contribution in [0.5, 0.6) is 0 Å². The second-order valence-corrected chi connectivity index (χ2v) is 9.97. The highest BCUT2D eigenvalue weighted by atomic mass is 19.1. The molecule has 7 nitrogen and oxygen atoms in total. The van der Waals surface area contributed by atoms with Crippen LogP contribution in [0.3, 0.4) is 0 Å². The molecule has 216 valence electrons. The third kappa shape index (κ3) is 7.52. The molecule has 0 aliphatic carbocycles. The number of nitrogens with zero attached hydrogens (tertiary/aromatic N) is 2. The lowest BCUT2D eigenvalue weighted by molar-refractivity contribution is 0.0727. The number of hydrogen-bond acceptors (Lipinski definition) is 7. The highest BCUT2D eigenvalue weighted by Crippen LogP contribution is 2.24. The Labute approximate surface area is 247 Å². The predicted octanol–water partition coefficient (Wildman–Crippen LogP) is 8.22. The van der Waals surface area contributed by atoms with E-state index in [0.717, 1.165) is 33.6 Å². The smallest absolute Gasteiger partial charge is 0.163 e. The van der Waals surface area contributed by atoms with Gasteiger partial charge in [0, 0.05) is 47.7 Å². The molecule has 0 saturated carbocycles. The van der Waals surface area contributed by atoms with E-state index < -0.39 is 0 Å². The first-order valence-corrected chi connectivity index (χ1v) is 13.7. The van der Waals surface area contributed by atoms with Gasteiger partial charge < -0.3 is 24.4 Å². The Morgan fingerprint density at radius 1 is 0.558 bits per heavy atom. The maximum atomic E-state index is 13.4. The Morgan fingerprint density at radius 3 is 1.42 bits per heavy atom. The largest absolute Gasteiger partial charge is 0.381 e. The first kappa shape index (κ1) is 27.9. The van der Waals surface area contributed by atoms with E-state index >= 15 is 0 Å². The molecule has 0 radical (unpaired) electrons. The Hall–Kier alpha value is -5.28. The molecule has 2 heterocycles. The van der Waals surface area contributed by atoms with Crippen molar-refractivity contribution in [3.8, 4) is 22.5 Å². The summed E-state index contributed by atoms with van der Waals surface area (Å²) in [4.78, 5) is 0. The van der Waals surface area contributed by atoms with Gasteiger partial charge in [0.1, 0.15) is 36.2 Å². The number of nitrogens with one attached hydrogen (secondary N) is 2. The lowest BCUT2D eigenvalue weighted by atomic mass is 10.1. The number of ether oxygens (including phenoxy) is 1. The van der Waals surface area contributed by atoms with Crippen molar-refractivity contribution < 1.29 is 22.6 Å². The standard InChI is InChI=1S/C34H28F2N4O3/c35-27-5-1-3-23(15-27)19-37-29-11-7-25(8-12-29)33-17-31(42-39-33)21-41-22-32-18-34(40-43-32)26-9-13-30(14-10-26)38-20-24-4-2-6-28(36)16-24/h1-18,37-38H,19-22H2. The lowest BCUT2D eigenvalue weighted by Crippen LogP contribution is -1.99. The lowest BCUT2D eigenvalue weighted by Gasteiger charge is -2.07.